The third kappa shape index (κ3) is 12.8. The van der Waals surface area contributed by atoms with Crippen LogP contribution in [0.15, 0.2) is 71.3 Å². The van der Waals surface area contributed by atoms with Crippen molar-refractivity contribution in [2.24, 2.45) is 12.0 Å². The van der Waals surface area contributed by atoms with Crippen LogP contribution in [0.3, 0.4) is 0 Å². The van der Waals surface area contributed by atoms with Crippen LogP contribution >= 0.6 is 0 Å². The van der Waals surface area contributed by atoms with Gasteiger partial charge in [0.15, 0.2) is 0 Å². The number of aromatic nitrogens is 2. The maximum Gasteiger partial charge on any atom is 0.573 e. The molecule has 11 heteroatoms. The van der Waals surface area contributed by atoms with Gasteiger partial charge in [0.05, 0.1) is 6.20 Å². The summed E-state index contributed by atoms with van der Waals surface area (Å²) in [5, 5.41) is 4.36. The van der Waals surface area contributed by atoms with Crippen LogP contribution in [0.5, 0.6) is 5.75 Å². The van der Waals surface area contributed by atoms with E-state index in [1.54, 1.807) is 17.0 Å². The third-order valence-electron chi connectivity index (χ3n) is 6.98. The lowest BCUT2D eigenvalue weighted by atomic mass is 9.94. The van der Waals surface area contributed by atoms with Gasteiger partial charge in [-0.25, -0.2) is 4.79 Å². The number of piperazine rings is 1. The fourth-order valence-electron chi connectivity index (χ4n) is 4.90. The second kappa shape index (κ2) is 17.6. The summed E-state index contributed by atoms with van der Waals surface area (Å²) >= 11 is 0. The second-order valence-corrected chi connectivity index (χ2v) is 12.0. The van der Waals surface area contributed by atoms with E-state index in [0.717, 1.165) is 66.0 Å². The number of alkyl halides is 3. The molecule has 0 unspecified atom stereocenters. The topological polar surface area (TPSA) is 72.2 Å². The minimum Gasteiger partial charge on any atom is -0.444 e. The Hall–Kier alpha value is -4.02. The Balaban J connectivity index is 0.000000438. The van der Waals surface area contributed by atoms with E-state index in [9.17, 15) is 18.0 Å². The van der Waals surface area contributed by atoms with E-state index in [1.165, 1.54) is 12.1 Å². The lowest BCUT2D eigenvalue weighted by molar-refractivity contribution is -0.274. The molecular formula is C35H50F3N5O3. The normalized spacial score (nSPS) is 15.4. The lowest BCUT2D eigenvalue weighted by Crippen LogP contribution is -2.49. The number of benzene rings is 1. The van der Waals surface area contributed by atoms with Crippen LogP contribution in [0.2, 0.25) is 0 Å². The first-order valence-electron chi connectivity index (χ1n) is 15.7. The van der Waals surface area contributed by atoms with Crippen LogP contribution in [-0.4, -0.2) is 69.5 Å². The molecule has 0 radical (unpaired) electrons. The van der Waals surface area contributed by atoms with Crippen LogP contribution in [0.25, 0.3) is 5.57 Å². The number of rotatable bonds is 9. The van der Waals surface area contributed by atoms with Gasteiger partial charge in [0.1, 0.15) is 11.4 Å². The number of amides is 1. The zero-order valence-corrected chi connectivity index (χ0v) is 28.7. The molecule has 1 aromatic heterocycles. The molecule has 0 atom stereocenters. The predicted molar refractivity (Wildman–Crippen MR) is 179 cm³/mol. The van der Waals surface area contributed by atoms with E-state index in [4.69, 9.17) is 9.73 Å². The van der Waals surface area contributed by atoms with Gasteiger partial charge >= 0.3 is 12.5 Å². The molecule has 0 aliphatic carbocycles. The monoisotopic (exact) mass is 645 g/mol. The van der Waals surface area contributed by atoms with Crippen LogP contribution in [0.4, 0.5) is 18.0 Å². The molecule has 254 valence electrons. The van der Waals surface area contributed by atoms with E-state index in [0.29, 0.717) is 13.1 Å². The van der Waals surface area contributed by atoms with Crippen LogP contribution in [0, 0.1) is 0 Å². The molecular weight excluding hydrogens is 595 g/mol. The highest BCUT2D eigenvalue weighted by Gasteiger charge is 2.31. The van der Waals surface area contributed by atoms with Gasteiger partial charge in [0, 0.05) is 68.2 Å². The van der Waals surface area contributed by atoms with Crippen LogP contribution in [-0.2, 0) is 18.2 Å². The molecule has 0 spiro atoms. The molecule has 0 saturated carbocycles. The first-order valence-corrected chi connectivity index (χ1v) is 15.7. The van der Waals surface area contributed by atoms with Gasteiger partial charge in [-0.05, 0) is 77.7 Å². The highest BCUT2D eigenvalue weighted by atomic mass is 19.4. The Bertz CT molecular complexity index is 1390. The minimum absolute atomic E-state index is 0.150. The van der Waals surface area contributed by atoms with Crippen molar-refractivity contribution >= 4 is 17.4 Å². The van der Waals surface area contributed by atoms with Gasteiger partial charge in [-0.1, -0.05) is 44.6 Å². The fraction of sp³-hybridized carbons (Fsp3) is 0.514. The largest absolute Gasteiger partial charge is 0.573 e. The molecule has 0 N–H and O–H groups in total. The minimum atomic E-state index is -4.61. The standard InChI is InChI=1S/C25H39N5O2.C10H11F3O/c1-9-11-12-26-19(3)23(22(10-2)21-17-27-28(8)18-21)20(4)29-13-15-30(16-14-29)24(31)32-25(5,6)7;1-2-4-8-5-3-6-9(7-8)14-10(11,12)13/h10-12,17-18H,9,13-16H2,1-8H3;3,5-7H,2,4H2,1H3/b12-11+,22-10-,23-20-,26-19+;. The molecule has 1 aliphatic rings. The second-order valence-electron chi connectivity index (χ2n) is 12.0. The number of hydrogen-bond donors (Lipinski definition) is 0. The summed E-state index contributed by atoms with van der Waals surface area (Å²) in [7, 11) is 1.92. The molecule has 1 aliphatic heterocycles. The molecule has 1 amide bonds. The van der Waals surface area contributed by atoms with Crippen molar-refractivity contribution < 1.29 is 27.4 Å². The van der Waals surface area contributed by atoms with E-state index in [1.807, 2.05) is 64.9 Å². The van der Waals surface area contributed by atoms with Crippen molar-refractivity contribution in [1.82, 2.24) is 19.6 Å². The average Bonchev–Trinajstić information content (AvgIpc) is 3.40. The average molecular weight is 646 g/mol. The van der Waals surface area contributed by atoms with E-state index in [-0.39, 0.29) is 11.8 Å². The summed E-state index contributed by atoms with van der Waals surface area (Å²) in [5.41, 5.74) is 5.75. The van der Waals surface area contributed by atoms with Crippen molar-refractivity contribution in [1.29, 1.82) is 0 Å². The molecule has 0 bridgehead atoms. The zero-order valence-electron chi connectivity index (χ0n) is 28.7. The Morgan fingerprint density at radius 3 is 2.24 bits per heavy atom. The number of carbonyl (C=O) groups excluding carboxylic acids is 1. The Labute approximate surface area is 272 Å². The number of halogens is 3. The van der Waals surface area contributed by atoms with Crippen LogP contribution in [0.1, 0.15) is 79.4 Å². The molecule has 3 rings (SSSR count). The first-order chi connectivity index (χ1) is 21.6. The number of nitrogens with zero attached hydrogens (tertiary/aromatic N) is 5. The maximum absolute atomic E-state index is 12.4. The summed E-state index contributed by atoms with van der Waals surface area (Å²) in [6.45, 7) is 18.7. The van der Waals surface area contributed by atoms with E-state index >= 15 is 0 Å². The highest BCUT2D eigenvalue weighted by Crippen LogP contribution is 2.29. The molecule has 1 saturated heterocycles. The number of hydrogen-bond acceptors (Lipinski definition) is 6. The molecule has 8 nitrogen and oxygen atoms in total. The maximum atomic E-state index is 12.4. The van der Waals surface area contributed by atoms with Gasteiger partial charge in [0.25, 0.3) is 0 Å². The number of carbonyl (C=O) groups is 1. The number of allylic oxidation sites excluding steroid dienone is 5. The Kier molecular flexibility index (Phi) is 14.6. The molecule has 2 heterocycles. The SMILES string of the molecule is CCCc1cccc(OC(F)(F)F)c1.C\C=C(C(/C(C)=N/C=C/CC)=C(/C)N1CCN(C(=O)OC(C)(C)C)CC1)\c1cnn(C)c1. The van der Waals surface area contributed by atoms with Gasteiger partial charge in [-0.2, -0.15) is 5.10 Å². The van der Waals surface area contributed by atoms with Crippen molar-refractivity contribution in [3.05, 3.63) is 77.4 Å². The van der Waals surface area contributed by atoms with Crippen molar-refractivity contribution in [3.8, 4) is 5.75 Å². The van der Waals surface area contributed by atoms with Crippen molar-refractivity contribution in [2.75, 3.05) is 26.2 Å². The van der Waals surface area contributed by atoms with Gasteiger partial charge < -0.3 is 19.3 Å². The third-order valence-corrected chi connectivity index (χ3v) is 6.98. The predicted octanol–water partition coefficient (Wildman–Crippen LogP) is 8.57. The molecule has 1 aromatic carbocycles. The molecule has 46 heavy (non-hydrogen) atoms. The van der Waals surface area contributed by atoms with Crippen molar-refractivity contribution in [3.63, 3.8) is 0 Å². The number of aliphatic imine (C=N–C) groups is 1. The number of aryl methyl sites for hydroxylation is 2. The summed E-state index contributed by atoms with van der Waals surface area (Å²) < 4.78 is 46.7. The van der Waals surface area contributed by atoms with Gasteiger partial charge in [-0.3, -0.25) is 9.67 Å². The van der Waals surface area contributed by atoms with Gasteiger partial charge in [0.2, 0.25) is 0 Å². The van der Waals surface area contributed by atoms with E-state index < -0.39 is 12.0 Å². The lowest BCUT2D eigenvalue weighted by Gasteiger charge is -2.38. The van der Waals surface area contributed by atoms with Crippen molar-refractivity contribution in [2.45, 2.75) is 86.6 Å². The molecule has 1 fully saturated rings. The quantitative estimate of drug-likeness (QED) is 0.202. The number of ether oxygens (including phenoxy) is 2. The Morgan fingerprint density at radius 2 is 1.72 bits per heavy atom. The zero-order chi connectivity index (χ0) is 34.5. The molecule has 2 aromatic rings. The van der Waals surface area contributed by atoms with E-state index in [2.05, 4.69) is 47.7 Å². The van der Waals surface area contributed by atoms with Gasteiger partial charge in [-0.15, -0.1) is 13.2 Å². The summed E-state index contributed by atoms with van der Waals surface area (Å²) in [4.78, 5) is 21.3. The summed E-state index contributed by atoms with van der Waals surface area (Å²) in [5.74, 6) is -0.150. The fourth-order valence-corrected chi connectivity index (χ4v) is 4.90. The summed E-state index contributed by atoms with van der Waals surface area (Å²) in [6.07, 6.45) is 7.71. The summed E-state index contributed by atoms with van der Waals surface area (Å²) in [6, 6.07) is 6.06. The first kappa shape index (κ1) is 38.2. The van der Waals surface area contributed by atoms with Crippen LogP contribution < -0.4 is 4.74 Å². The highest BCUT2D eigenvalue weighted by molar-refractivity contribution is 6.12. The smallest absolute Gasteiger partial charge is 0.444 e. The Morgan fingerprint density at radius 1 is 1.07 bits per heavy atom.